The highest BCUT2D eigenvalue weighted by Crippen LogP contribution is 2.14. The molecule has 0 aliphatic carbocycles. The maximum atomic E-state index is 11.9. The molecule has 1 fully saturated rings. The predicted molar refractivity (Wildman–Crippen MR) is 66.0 cm³/mol. The summed E-state index contributed by atoms with van der Waals surface area (Å²) in [6.45, 7) is 0.807. The van der Waals surface area contributed by atoms with Gasteiger partial charge < -0.3 is 15.7 Å². The fourth-order valence-corrected chi connectivity index (χ4v) is 2.08. The van der Waals surface area contributed by atoms with Gasteiger partial charge in [0.1, 0.15) is 0 Å². The van der Waals surface area contributed by atoms with E-state index in [1.54, 1.807) is 24.3 Å². The number of benzene rings is 1. The number of carboxylic acid groups (broad SMARTS) is 1. The largest absolute Gasteiger partial charge is 0.479 e. The third kappa shape index (κ3) is 2.87. The number of hydrogen-bond acceptors (Lipinski definition) is 3. The van der Waals surface area contributed by atoms with E-state index in [-0.39, 0.29) is 11.9 Å². The van der Waals surface area contributed by atoms with E-state index >= 15 is 0 Å². The van der Waals surface area contributed by atoms with Crippen molar-refractivity contribution in [2.45, 2.75) is 24.9 Å². The van der Waals surface area contributed by atoms with Crippen LogP contribution < -0.4 is 10.6 Å². The Morgan fingerprint density at radius 1 is 1.33 bits per heavy atom. The Balaban J connectivity index is 2.07. The van der Waals surface area contributed by atoms with Crippen molar-refractivity contribution in [2.75, 3.05) is 6.54 Å². The molecule has 5 heteroatoms. The SMILES string of the molecule is O=C(N[C@@H](C(=O)O)c1ccccc1)[C@H]1CCCN1. The number of carbonyl (C=O) groups is 2. The number of carbonyl (C=O) groups excluding carboxylic acids is 1. The Bertz CT molecular complexity index is 427. The van der Waals surface area contributed by atoms with Gasteiger partial charge in [0.15, 0.2) is 6.04 Å². The minimum absolute atomic E-state index is 0.247. The van der Waals surface area contributed by atoms with Crippen LogP contribution in [0.25, 0.3) is 0 Å². The van der Waals surface area contributed by atoms with Crippen LogP contribution in [0.2, 0.25) is 0 Å². The monoisotopic (exact) mass is 248 g/mol. The number of carboxylic acids is 1. The van der Waals surface area contributed by atoms with Gasteiger partial charge in [-0.05, 0) is 24.9 Å². The standard InChI is InChI=1S/C13H16N2O3/c16-12(10-7-4-8-14-10)15-11(13(17)18)9-5-2-1-3-6-9/h1-3,5-6,10-11,14H,4,7-8H2,(H,15,16)(H,17,18)/t10-,11-/m1/s1. The van der Waals surface area contributed by atoms with Gasteiger partial charge in [-0.3, -0.25) is 4.79 Å². The van der Waals surface area contributed by atoms with Gasteiger partial charge in [-0.25, -0.2) is 4.79 Å². The van der Waals surface area contributed by atoms with Gasteiger partial charge in [0, 0.05) is 0 Å². The minimum Gasteiger partial charge on any atom is -0.479 e. The molecule has 0 saturated carbocycles. The Morgan fingerprint density at radius 3 is 2.61 bits per heavy atom. The van der Waals surface area contributed by atoms with Gasteiger partial charge in [0.05, 0.1) is 6.04 Å². The minimum atomic E-state index is -1.05. The van der Waals surface area contributed by atoms with E-state index in [0.717, 1.165) is 19.4 Å². The zero-order valence-electron chi connectivity index (χ0n) is 9.93. The number of rotatable bonds is 4. The van der Waals surface area contributed by atoms with Crippen LogP contribution in [-0.4, -0.2) is 29.6 Å². The van der Waals surface area contributed by atoms with E-state index in [2.05, 4.69) is 10.6 Å². The molecule has 0 spiro atoms. The summed E-state index contributed by atoms with van der Waals surface area (Å²) in [6.07, 6.45) is 1.70. The molecule has 2 rings (SSSR count). The highest BCUT2D eigenvalue weighted by molar-refractivity contribution is 5.87. The molecule has 0 bridgehead atoms. The summed E-state index contributed by atoms with van der Waals surface area (Å²) in [5, 5.41) is 14.8. The Kier molecular flexibility index (Phi) is 3.94. The molecule has 1 aromatic carbocycles. The normalized spacial score (nSPS) is 20.3. The van der Waals surface area contributed by atoms with Crippen molar-refractivity contribution in [1.29, 1.82) is 0 Å². The number of nitrogens with one attached hydrogen (secondary N) is 2. The molecular formula is C13H16N2O3. The molecule has 1 aliphatic rings. The third-order valence-corrected chi connectivity index (χ3v) is 3.04. The van der Waals surface area contributed by atoms with Crippen LogP contribution in [0.4, 0.5) is 0 Å². The van der Waals surface area contributed by atoms with E-state index in [9.17, 15) is 14.7 Å². The van der Waals surface area contributed by atoms with Crippen LogP contribution in [0.5, 0.6) is 0 Å². The first kappa shape index (κ1) is 12.6. The molecule has 2 atom stereocenters. The van der Waals surface area contributed by atoms with Crippen molar-refractivity contribution in [3.05, 3.63) is 35.9 Å². The molecule has 3 N–H and O–H groups in total. The third-order valence-electron chi connectivity index (χ3n) is 3.04. The first-order valence-electron chi connectivity index (χ1n) is 6.00. The van der Waals surface area contributed by atoms with E-state index in [0.29, 0.717) is 5.56 Å². The van der Waals surface area contributed by atoms with Crippen molar-refractivity contribution in [2.24, 2.45) is 0 Å². The molecule has 0 unspecified atom stereocenters. The summed E-state index contributed by atoms with van der Waals surface area (Å²) in [7, 11) is 0. The lowest BCUT2D eigenvalue weighted by molar-refractivity contribution is -0.142. The molecule has 96 valence electrons. The van der Waals surface area contributed by atoms with Crippen molar-refractivity contribution in [1.82, 2.24) is 10.6 Å². The molecule has 1 aliphatic heterocycles. The Morgan fingerprint density at radius 2 is 2.06 bits per heavy atom. The summed E-state index contributed by atoms with van der Waals surface area (Å²) >= 11 is 0. The molecule has 1 saturated heterocycles. The predicted octanol–water partition coefficient (Wildman–Crippen LogP) is 0.680. The molecule has 1 amide bonds. The topological polar surface area (TPSA) is 78.4 Å². The molecular weight excluding hydrogens is 232 g/mol. The number of amides is 1. The average Bonchev–Trinajstić information content (AvgIpc) is 2.90. The van der Waals surface area contributed by atoms with Crippen LogP contribution in [0.1, 0.15) is 24.4 Å². The molecule has 18 heavy (non-hydrogen) atoms. The lowest BCUT2D eigenvalue weighted by atomic mass is 10.1. The van der Waals surface area contributed by atoms with Crippen LogP contribution in [0.15, 0.2) is 30.3 Å². The Labute approximate surface area is 105 Å². The van der Waals surface area contributed by atoms with Crippen LogP contribution in [-0.2, 0) is 9.59 Å². The van der Waals surface area contributed by atoms with Gasteiger partial charge >= 0.3 is 5.97 Å². The fourth-order valence-electron chi connectivity index (χ4n) is 2.08. The van der Waals surface area contributed by atoms with Gasteiger partial charge in [0.25, 0.3) is 0 Å². The quantitative estimate of drug-likeness (QED) is 0.732. The highest BCUT2D eigenvalue weighted by atomic mass is 16.4. The summed E-state index contributed by atoms with van der Waals surface area (Å²) < 4.78 is 0. The second kappa shape index (κ2) is 5.64. The molecule has 1 heterocycles. The lowest BCUT2D eigenvalue weighted by Gasteiger charge is -2.17. The molecule has 1 aromatic rings. The maximum absolute atomic E-state index is 11.9. The summed E-state index contributed by atoms with van der Waals surface area (Å²) in [6, 6.07) is 7.46. The van der Waals surface area contributed by atoms with E-state index in [1.807, 2.05) is 6.07 Å². The number of aliphatic carboxylic acids is 1. The first-order valence-corrected chi connectivity index (χ1v) is 6.00. The Hall–Kier alpha value is -1.88. The number of hydrogen-bond donors (Lipinski definition) is 3. The van der Waals surface area contributed by atoms with Crippen molar-refractivity contribution >= 4 is 11.9 Å². The summed E-state index contributed by atoms with van der Waals surface area (Å²) in [5.74, 6) is -1.30. The van der Waals surface area contributed by atoms with E-state index in [1.165, 1.54) is 0 Å². The van der Waals surface area contributed by atoms with Crippen LogP contribution in [0.3, 0.4) is 0 Å². The fraction of sp³-hybridized carbons (Fsp3) is 0.385. The van der Waals surface area contributed by atoms with Crippen LogP contribution >= 0.6 is 0 Å². The maximum Gasteiger partial charge on any atom is 0.330 e. The average molecular weight is 248 g/mol. The second-order valence-electron chi connectivity index (χ2n) is 4.34. The highest BCUT2D eigenvalue weighted by Gasteiger charge is 2.27. The summed E-state index contributed by atoms with van der Waals surface area (Å²) in [4.78, 5) is 23.1. The van der Waals surface area contributed by atoms with Crippen molar-refractivity contribution < 1.29 is 14.7 Å². The zero-order chi connectivity index (χ0) is 13.0. The van der Waals surface area contributed by atoms with Crippen molar-refractivity contribution in [3.63, 3.8) is 0 Å². The van der Waals surface area contributed by atoms with Gasteiger partial charge in [-0.2, -0.15) is 0 Å². The van der Waals surface area contributed by atoms with E-state index in [4.69, 9.17) is 0 Å². The zero-order valence-corrected chi connectivity index (χ0v) is 9.93. The first-order chi connectivity index (χ1) is 8.68. The van der Waals surface area contributed by atoms with Gasteiger partial charge in [-0.1, -0.05) is 30.3 Å². The summed E-state index contributed by atoms with van der Waals surface area (Å²) in [5.41, 5.74) is 0.580. The lowest BCUT2D eigenvalue weighted by Crippen LogP contribution is -2.44. The molecule has 5 nitrogen and oxygen atoms in total. The second-order valence-corrected chi connectivity index (χ2v) is 4.34. The van der Waals surface area contributed by atoms with Crippen molar-refractivity contribution in [3.8, 4) is 0 Å². The molecule has 0 aromatic heterocycles. The van der Waals surface area contributed by atoms with Crippen LogP contribution in [0, 0.1) is 0 Å². The van der Waals surface area contributed by atoms with Gasteiger partial charge in [0.2, 0.25) is 5.91 Å². The molecule has 0 radical (unpaired) electrons. The van der Waals surface area contributed by atoms with E-state index < -0.39 is 12.0 Å². The van der Waals surface area contributed by atoms with Gasteiger partial charge in [-0.15, -0.1) is 0 Å². The smallest absolute Gasteiger partial charge is 0.330 e.